The van der Waals surface area contributed by atoms with Crippen LogP contribution < -0.4 is 0 Å². The van der Waals surface area contributed by atoms with Gasteiger partial charge in [0.1, 0.15) is 0 Å². The monoisotopic (exact) mass is 622 g/mol. The van der Waals surface area contributed by atoms with E-state index in [2.05, 4.69) is 154 Å². The number of hydrogen-bond donors (Lipinski definition) is 0. The van der Waals surface area contributed by atoms with E-state index < -0.39 is 0 Å². The summed E-state index contributed by atoms with van der Waals surface area (Å²) in [4.78, 5) is 9.07. The highest BCUT2D eigenvalue weighted by Crippen LogP contribution is 2.45. The highest BCUT2D eigenvalue weighted by molar-refractivity contribution is 7.08. The number of benzene rings is 7. The second-order valence-corrected chi connectivity index (χ2v) is 13.0. The maximum absolute atomic E-state index is 4.54. The molecule has 2 nitrogen and oxygen atoms in total. The van der Waals surface area contributed by atoms with Gasteiger partial charge in [0.25, 0.3) is 0 Å². The van der Waals surface area contributed by atoms with Gasteiger partial charge < -0.3 is 0 Å². The maximum atomic E-state index is 4.54. The number of aromatic nitrogens is 2. The Hall–Kier alpha value is -5.42. The summed E-state index contributed by atoms with van der Waals surface area (Å²) in [5, 5.41) is 11.7. The molecule has 2 aromatic heterocycles. The van der Waals surface area contributed by atoms with Crippen LogP contribution >= 0.6 is 22.7 Å². The minimum absolute atomic E-state index is 1.02. The summed E-state index contributed by atoms with van der Waals surface area (Å²) in [6.45, 7) is 0. The van der Waals surface area contributed by atoms with Crippen LogP contribution in [-0.4, -0.2) is 9.97 Å². The lowest BCUT2D eigenvalue weighted by molar-refractivity contribution is 1.41. The van der Waals surface area contributed by atoms with Crippen molar-refractivity contribution in [3.8, 4) is 55.9 Å². The van der Waals surface area contributed by atoms with Crippen LogP contribution in [-0.2, 0) is 0 Å². The second kappa shape index (κ2) is 11.2. The number of thiazole rings is 2. The fourth-order valence-corrected chi connectivity index (χ4v) is 7.80. The standard InChI is InChI=1S/C42H26N2S2/c1-2-6-32-21-33(18-9-27(32)5-1)34-19-20-37-38(22-34)42(31-16-12-29(13-17-31)40-24-46-26-44-40)36-8-4-3-7-35(36)41(37)30-14-10-28(11-15-30)39-23-45-25-43-39/h1-26H. The fraction of sp³-hybridized carbons (Fsp3) is 0. The fourth-order valence-electron chi connectivity index (χ4n) is 6.67. The average molecular weight is 623 g/mol. The van der Waals surface area contributed by atoms with Crippen molar-refractivity contribution in [1.29, 1.82) is 0 Å². The van der Waals surface area contributed by atoms with Gasteiger partial charge in [0, 0.05) is 21.9 Å². The molecule has 0 spiro atoms. The molecule has 9 aromatic rings. The van der Waals surface area contributed by atoms with E-state index in [1.54, 1.807) is 22.7 Å². The highest BCUT2D eigenvalue weighted by Gasteiger charge is 2.18. The number of rotatable bonds is 5. The molecule has 7 aromatic carbocycles. The number of hydrogen-bond acceptors (Lipinski definition) is 4. The summed E-state index contributed by atoms with van der Waals surface area (Å²) in [6, 6.07) is 49.0. The summed E-state index contributed by atoms with van der Waals surface area (Å²) < 4.78 is 0. The molecule has 0 fully saturated rings. The largest absolute Gasteiger partial charge is 0.245 e. The third kappa shape index (κ3) is 4.62. The molecule has 0 saturated carbocycles. The molecule has 0 radical (unpaired) electrons. The normalized spacial score (nSPS) is 11.5. The minimum atomic E-state index is 1.02. The van der Waals surface area contributed by atoms with Crippen molar-refractivity contribution in [2.24, 2.45) is 0 Å². The summed E-state index contributed by atoms with van der Waals surface area (Å²) >= 11 is 3.25. The molecule has 9 rings (SSSR count). The summed E-state index contributed by atoms with van der Waals surface area (Å²) in [5.74, 6) is 0. The first kappa shape index (κ1) is 26.9. The lowest BCUT2D eigenvalue weighted by Crippen LogP contribution is -1.92. The molecule has 216 valence electrons. The predicted molar refractivity (Wildman–Crippen MR) is 197 cm³/mol. The molecule has 0 unspecified atom stereocenters. The Morgan fingerprint density at radius 1 is 0.348 bits per heavy atom. The first-order valence-electron chi connectivity index (χ1n) is 15.3. The zero-order chi connectivity index (χ0) is 30.5. The zero-order valence-corrected chi connectivity index (χ0v) is 26.4. The highest BCUT2D eigenvalue weighted by atomic mass is 32.1. The van der Waals surface area contributed by atoms with E-state index >= 15 is 0 Å². The van der Waals surface area contributed by atoms with Crippen molar-refractivity contribution < 1.29 is 0 Å². The second-order valence-electron chi connectivity index (χ2n) is 11.5. The Kier molecular flexibility index (Phi) is 6.55. The van der Waals surface area contributed by atoms with Gasteiger partial charge in [-0.25, -0.2) is 9.97 Å². The first-order valence-corrected chi connectivity index (χ1v) is 17.1. The summed E-state index contributed by atoms with van der Waals surface area (Å²) in [7, 11) is 0. The molecule has 4 heteroatoms. The molecule has 0 aliphatic rings. The summed E-state index contributed by atoms with van der Waals surface area (Å²) in [6.07, 6.45) is 0. The molecule has 0 atom stereocenters. The van der Waals surface area contributed by atoms with Crippen LogP contribution in [0.5, 0.6) is 0 Å². The third-order valence-electron chi connectivity index (χ3n) is 8.91. The van der Waals surface area contributed by atoms with Crippen LogP contribution in [0.1, 0.15) is 0 Å². The Balaban J connectivity index is 1.31. The van der Waals surface area contributed by atoms with Gasteiger partial charge >= 0.3 is 0 Å². The number of nitrogens with zero attached hydrogens (tertiary/aromatic N) is 2. The van der Waals surface area contributed by atoms with E-state index in [9.17, 15) is 0 Å². The van der Waals surface area contributed by atoms with Gasteiger partial charge in [-0.05, 0) is 77.8 Å². The van der Waals surface area contributed by atoms with Crippen LogP contribution in [0, 0.1) is 0 Å². The van der Waals surface area contributed by atoms with Crippen LogP contribution in [0.2, 0.25) is 0 Å². The molecule has 0 amide bonds. The van der Waals surface area contributed by atoms with E-state index in [4.69, 9.17) is 0 Å². The predicted octanol–water partition coefficient (Wildman–Crippen LogP) is 12.4. The van der Waals surface area contributed by atoms with E-state index in [1.807, 2.05) is 11.0 Å². The molecule has 46 heavy (non-hydrogen) atoms. The minimum Gasteiger partial charge on any atom is -0.245 e. The van der Waals surface area contributed by atoms with E-state index in [0.29, 0.717) is 0 Å². The molecular weight excluding hydrogens is 597 g/mol. The SMILES string of the molecule is c1ccc2cc(-c3ccc4c(-c5ccc(-c6cscn6)cc5)c5ccccc5c(-c5ccc(-c6cscn6)cc5)c4c3)ccc2c1. The molecule has 0 aliphatic carbocycles. The van der Waals surface area contributed by atoms with Gasteiger partial charge in [0.2, 0.25) is 0 Å². The van der Waals surface area contributed by atoms with Gasteiger partial charge in [-0.2, -0.15) is 0 Å². The summed E-state index contributed by atoms with van der Waals surface area (Å²) in [5.41, 5.74) is 15.4. The van der Waals surface area contributed by atoms with Crippen molar-refractivity contribution in [1.82, 2.24) is 9.97 Å². The molecule has 0 saturated heterocycles. The van der Waals surface area contributed by atoms with Gasteiger partial charge in [0.15, 0.2) is 0 Å². The van der Waals surface area contributed by atoms with Crippen LogP contribution in [0.25, 0.3) is 88.2 Å². The van der Waals surface area contributed by atoms with Crippen molar-refractivity contribution in [3.05, 3.63) is 155 Å². The van der Waals surface area contributed by atoms with Gasteiger partial charge in [-0.15, -0.1) is 22.7 Å². The quantitative estimate of drug-likeness (QED) is 0.178. The van der Waals surface area contributed by atoms with E-state index in [0.717, 1.165) is 22.5 Å². The smallest absolute Gasteiger partial charge is 0.0811 e. The van der Waals surface area contributed by atoms with E-state index in [1.165, 1.54) is 65.7 Å². The van der Waals surface area contributed by atoms with Crippen molar-refractivity contribution in [2.45, 2.75) is 0 Å². The van der Waals surface area contributed by atoms with Gasteiger partial charge in [-0.3, -0.25) is 0 Å². The first-order chi connectivity index (χ1) is 22.8. The van der Waals surface area contributed by atoms with Crippen LogP contribution in [0.4, 0.5) is 0 Å². The molecular formula is C42H26N2S2. The molecule has 2 heterocycles. The Labute approximate surface area is 274 Å². The van der Waals surface area contributed by atoms with Gasteiger partial charge in [-0.1, -0.05) is 121 Å². The van der Waals surface area contributed by atoms with Gasteiger partial charge in [0.05, 0.1) is 22.4 Å². The van der Waals surface area contributed by atoms with Crippen LogP contribution in [0.15, 0.2) is 155 Å². The van der Waals surface area contributed by atoms with Crippen LogP contribution in [0.3, 0.4) is 0 Å². The third-order valence-corrected chi connectivity index (χ3v) is 10.1. The Morgan fingerprint density at radius 2 is 0.804 bits per heavy atom. The molecule has 0 bridgehead atoms. The molecule has 0 N–H and O–H groups in total. The topological polar surface area (TPSA) is 25.8 Å². The van der Waals surface area contributed by atoms with E-state index in [-0.39, 0.29) is 0 Å². The Morgan fingerprint density at radius 3 is 1.39 bits per heavy atom. The lowest BCUT2D eigenvalue weighted by Gasteiger charge is -2.19. The average Bonchev–Trinajstić information content (AvgIpc) is 3.87. The van der Waals surface area contributed by atoms with Crippen molar-refractivity contribution in [2.75, 3.05) is 0 Å². The molecule has 0 aliphatic heterocycles. The Bertz CT molecular complexity index is 2490. The zero-order valence-electron chi connectivity index (χ0n) is 24.7. The number of fused-ring (bicyclic) bond motifs is 3. The lowest BCUT2D eigenvalue weighted by atomic mass is 9.84. The van der Waals surface area contributed by atoms with Crippen molar-refractivity contribution in [3.63, 3.8) is 0 Å². The van der Waals surface area contributed by atoms with Crippen molar-refractivity contribution >= 4 is 55.0 Å². The maximum Gasteiger partial charge on any atom is 0.0811 e.